The third-order valence-electron chi connectivity index (χ3n) is 5.83. The first-order valence-corrected chi connectivity index (χ1v) is 7.59. The topological polar surface area (TPSA) is 0 Å². The molecule has 0 N–H and O–H groups in total. The van der Waals surface area contributed by atoms with Crippen LogP contribution in [-0.4, -0.2) is 6.18 Å². The molecule has 3 saturated carbocycles. The van der Waals surface area contributed by atoms with Gasteiger partial charge in [-0.3, -0.25) is 0 Å². The minimum Gasteiger partial charge on any atom is -0.171 e. The van der Waals surface area contributed by atoms with Gasteiger partial charge in [0.1, 0.15) is 0 Å². The van der Waals surface area contributed by atoms with Crippen molar-refractivity contribution in [3.05, 3.63) is 0 Å². The molecule has 0 heterocycles. The maximum absolute atomic E-state index is 12.6. The van der Waals surface area contributed by atoms with Crippen molar-refractivity contribution in [2.75, 3.05) is 0 Å². The predicted molar refractivity (Wildman–Crippen MR) is 65.1 cm³/mol. The van der Waals surface area contributed by atoms with E-state index in [-0.39, 0.29) is 0 Å². The Kier molecular flexibility index (Phi) is 3.36. The number of fused-ring (bicyclic) bond motifs is 2. The Morgan fingerprint density at radius 1 is 0.833 bits per heavy atom. The van der Waals surface area contributed by atoms with Crippen LogP contribution in [0.2, 0.25) is 0 Å². The van der Waals surface area contributed by atoms with E-state index >= 15 is 0 Å². The minimum atomic E-state index is -3.95. The lowest BCUT2D eigenvalue weighted by Gasteiger charge is -2.33. The molecule has 104 valence electrons. The summed E-state index contributed by atoms with van der Waals surface area (Å²) in [7, 11) is 0. The molecule has 0 amide bonds. The average molecular weight is 260 g/mol. The fourth-order valence-corrected chi connectivity index (χ4v) is 4.82. The fourth-order valence-electron chi connectivity index (χ4n) is 4.82. The van der Waals surface area contributed by atoms with Crippen LogP contribution in [0.15, 0.2) is 0 Å². The summed E-state index contributed by atoms with van der Waals surface area (Å²) in [5, 5.41) is 0. The van der Waals surface area contributed by atoms with E-state index in [1.807, 2.05) is 0 Å². The summed E-state index contributed by atoms with van der Waals surface area (Å²) in [5.41, 5.74) is 0. The SMILES string of the molecule is FC(F)(F)C1CCC(CC2CC3CCC2C3)CC1. The van der Waals surface area contributed by atoms with E-state index in [1.54, 1.807) is 0 Å². The second-order valence-electron chi connectivity index (χ2n) is 6.93. The van der Waals surface area contributed by atoms with E-state index in [9.17, 15) is 13.2 Å². The first-order valence-electron chi connectivity index (χ1n) is 7.59. The molecule has 0 saturated heterocycles. The van der Waals surface area contributed by atoms with Crippen molar-refractivity contribution in [2.45, 2.75) is 64.0 Å². The smallest absolute Gasteiger partial charge is 0.171 e. The van der Waals surface area contributed by atoms with Crippen LogP contribution in [-0.2, 0) is 0 Å². The zero-order valence-electron chi connectivity index (χ0n) is 10.9. The highest BCUT2D eigenvalue weighted by molar-refractivity contribution is 4.91. The van der Waals surface area contributed by atoms with Gasteiger partial charge in [0.05, 0.1) is 5.92 Å². The van der Waals surface area contributed by atoms with Crippen LogP contribution in [0.1, 0.15) is 57.8 Å². The van der Waals surface area contributed by atoms with Gasteiger partial charge in [0.25, 0.3) is 0 Å². The van der Waals surface area contributed by atoms with Crippen molar-refractivity contribution < 1.29 is 13.2 Å². The van der Waals surface area contributed by atoms with E-state index in [1.165, 1.54) is 32.1 Å². The number of hydrogen-bond acceptors (Lipinski definition) is 0. The lowest BCUT2D eigenvalue weighted by molar-refractivity contribution is -0.184. The van der Waals surface area contributed by atoms with Gasteiger partial charge in [-0.25, -0.2) is 0 Å². The summed E-state index contributed by atoms with van der Waals surface area (Å²) in [5.74, 6) is 2.33. The lowest BCUT2D eigenvalue weighted by Crippen LogP contribution is -2.28. The first kappa shape index (κ1) is 12.8. The molecule has 18 heavy (non-hydrogen) atoms. The molecule has 3 aliphatic carbocycles. The van der Waals surface area contributed by atoms with Crippen molar-refractivity contribution in [1.82, 2.24) is 0 Å². The Bertz CT molecular complexity index is 289. The highest BCUT2D eigenvalue weighted by atomic mass is 19.4. The van der Waals surface area contributed by atoms with Gasteiger partial charge in [0.15, 0.2) is 0 Å². The van der Waals surface area contributed by atoms with Crippen molar-refractivity contribution in [2.24, 2.45) is 29.6 Å². The highest BCUT2D eigenvalue weighted by Gasteiger charge is 2.43. The van der Waals surface area contributed by atoms with Gasteiger partial charge in [0, 0.05) is 0 Å². The summed E-state index contributed by atoms with van der Waals surface area (Å²) in [6, 6.07) is 0. The molecular weight excluding hydrogens is 237 g/mol. The van der Waals surface area contributed by atoms with Crippen LogP contribution in [0.25, 0.3) is 0 Å². The second kappa shape index (κ2) is 4.72. The number of rotatable bonds is 2. The molecule has 0 spiro atoms. The molecule has 0 radical (unpaired) electrons. The average Bonchev–Trinajstić information content (AvgIpc) is 2.90. The number of halogens is 3. The van der Waals surface area contributed by atoms with Crippen molar-refractivity contribution in [3.63, 3.8) is 0 Å². The van der Waals surface area contributed by atoms with Crippen LogP contribution < -0.4 is 0 Å². The van der Waals surface area contributed by atoms with E-state index < -0.39 is 12.1 Å². The van der Waals surface area contributed by atoms with Crippen LogP contribution in [0.3, 0.4) is 0 Å². The molecule has 0 aromatic heterocycles. The molecule has 3 heteroatoms. The standard InChI is InChI=1S/C15H23F3/c16-15(17,18)14-5-2-10(3-6-14)7-13-9-11-1-4-12(13)8-11/h10-14H,1-9H2. The fraction of sp³-hybridized carbons (Fsp3) is 1.00. The molecule has 2 bridgehead atoms. The lowest BCUT2D eigenvalue weighted by atomic mass is 9.74. The summed E-state index contributed by atoms with van der Waals surface area (Å²) in [4.78, 5) is 0. The minimum absolute atomic E-state index is 0.384. The quantitative estimate of drug-likeness (QED) is 0.641. The van der Waals surface area contributed by atoms with Crippen LogP contribution in [0, 0.1) is 29.6 Å². The largest absolute Gasteiger partial charge is 0.391 e. The summed E-state index contributed by atoms with van der Waals surface area (Å²) >= 11 is 0. The monoisotopic (exact) mass is 260 g/mol. The van der Waals surface area contributed by atoms with Gasteiger partial charge in [-0.1, -0.05) is 6.42 Å². The zero-order chi connectivity index (χ0) is 12.8. The molecule has 3 atom stereocenters. The Labute approximate surface area is 107 Å². The number of alkyl halides is 3. The van der Waals surface area contributed by atoms with E-state index in [0.29, 0.717) is 18.8 Å². The Morgan fingerprint density at radius 2 is 1.56 bits per heavy atom. The van der Waals surface area contributed by atoms with Crippen LogP contribution >= 0.6 is 0 Å². The van der Waals surface area contributed by atoms with E-state index in [0.717, 1.165) is 30.6 Å². The van der Waals surface area contributed by atoms with Gasteiger partial charge in [-0.2, -0.15) is 13.2 Å². The first-order chi connectivity index (χ1) is 8.52. The normalized spacial score (nSPS) is 44.5. The van der Waals surface area contributed by atoms with Crippen LogP contribution in [0.4, 0.5) is 13.2 Å². The maximum Gasteiger partial charge on any atom is 0.391 e. The molecule has 3 rings (SSSR count). The van der Waals surface area contributed by atoms with Crippen molar-refractivity contribution >= 4 is 0 Å². The molecule has 0 nitrogen and oxygen atoms in total. The molecule has 3 fully saturated rings. The Balaban J connectivity index is 1.46. The molecule has 3 unspecified atom stereocenters. The molecule has 0 aromatic rings. The summed E-state index contributed by atoms with van der Waals surface area (Å²) < 4.78 is 37.8. The van der Waals surface area contributed by atoms with Crippen molar-refractivity contribution in [3.8, 4) is 0 Å². The molecular formula is C15H23F3. The molecule has 0 aliphatic heterocycles. The van der Waals surface area contributed by atoms with Gasteiger partial charge in [-0.15, -0.1) is 0 Å². The molecule has 0 aromatic carbocycles. The van der Waals surface area contributed by atoms with Crippen LogP contribution in [0.5, 0.6) is 0 Å². The Morgan fingerprint density at radius 3 is 2.06 bits per heavy atom. The third-order valence-corrected chi connectivity index (χ3v) is 5.83. The van der Waals surface area contributed by atoms with E-state index in [4.69, 9.17) is 0 Å². The van der Waals surface area contributed by atoms with Gasteiger partial charge >= 0.3 is 6.18 Å². The zero-order valence-corrected chi connectivity index (χ0v) is 10.9. The summed E-state index contributed by atoms with van der Waals surface area (Å²) in [6.45, 7) is 0. The van der Waals surface area contributed by atoms with E-state index in [2.05, 4.69) is 0 Å². The Hall–Kier alpha value is -0.210. The van der Waals surface area contributed by atoms with Gasteiger partial charge < -0.3 is 0 Å². The highest BCUT2D eigenvalue weighted by Crippen LogP contribution is 2.52. The third kappa shape index (κ3) is 2.55. The maximum atomic E-state index is 12.6. The van der Waals surface area contributed by atoms with Gasteiger partial charge in [-0.05, 0) is 75.0 Å². The molecule has 3 aliphatic rings. The van der Waals surface area contributed by atoms with Gasteiger partial charge in [0.2, 0.25) is 0 Å². The summed E-state index contributed by atoms with van der Waals surface area (Å²) in [6.07, 6.45) is 5.30. The second-order valence-corrected chi connectivity index (χ2v) is 6.93. The predicted octanol–water partition coefficient (Wildman–Crippen LogP) is 5.18. The van der Waals surface area contributed by atoms with Crippen molar-refractivity contribution in [1.29, 1.82) is 0 Å². The number of hydrogen-bond donors (Lipinski definition) is 0.